The molecule has 0 radical (unpaired) electrons. The van der Waals surface area contributed by atoms with Crippen molar-refractivity contribution in [3.63, 3.8) is 0 Å². The second kappa shape index (κ2) is 7.66. The van der Waals surface area contributed by atoms with E-state index in [0.717, 1.165) is 18.4 Å². The third-order valence-corrected chi connectivity index (χ3v) is 5.00. The molecule has 3 nitrogen and oxygen atoms in total. The lowest BCUT2D eigenvalue weighted by Crippen LogP contribution is -2.37. The van der Waals surface area contributed by atoms with E-state index in [1.54, 1.807) is 0 Å². The van der Waals surface area contributed by atoms with Crippen molar-refractivity contribution in [2.24, 2.45) is 17.8 Å². The molecule has 0 aliphatic heterocycles. The predicted molar refractivity (Wildman–Crippen MR) is 89.6 cm³/mol. The third kappa shape index (κ3) is 4.49. The van der Waals surface area contributed by atoms with Crippen molar-refractivity contribution in [1.29, 1.82) is 0 Å². The van der Waals surface area contributed by atoms with Gasteiger partial charge >= 0.3 is 6.09 Å². The summed E-state index contributed by atoms with van der Waals surface area (Å²) >= 11 is 0. The van der Waals surface area contributed by atoms with Gasteiger partial charge in [0, 0.05) is 0 Å². The number of ether oxygens (including phenoxy) is 1. The quantitative estimate of drug-likeness (QED) is 0.856. The Labute approximate surface area is 134 Å². The van der Waals surface area contributed by atoms with E-state index in [4.69, 9.17) is 4.74 Å². The number of rotatable bonds is 4. The summed E-state index contributed by atoms with van der Waals surface area (Å²) in [5.41, 5.74) is 1.09. The first-order chi connectivity index (χ1) is 10.5. The highest BCUT2D eigenvalue weighted by atomic mass is 16.6. The van der Waals surface area contributed by atoms with E-state index in [-0.39, 0.29) is 18.2 Å². The van der Waals surface area contributed by atoms with Gasteiger partial charge < -0.3 is 10.1 Å². The maximum atomic E-state index is 12.2. The average Bonchev–Trinajstić information content (AvgIpc) is 2.50. The lowest BCUT2D eigenvalue weighted by molar-refractivity contribution is 0.0166. The minimum atomic E-state index is -0.294. The highest BCUT2D eigenvalue weighted by Crippen LogP contribution is 2.35. The van der Waals surface area contributed by atoms with Crippen molar-refractivity contribution < 1.29 is 9.53 Å². The third-order valence-electron chi connectivity index (χ3n) is 5.00. The first-order valence-electron chi connectivity index (χ1n) is 8.49. The predicted octanol–water partition coefficient (Wildman–Crippen LogP) is 4.93. The van der Waals surface area contributed by atoms with Crippen molar-refractivity contribution in [2.75, 3.05) is 0 Å². The SMILES string of the molecule is CC(NC(=O)OC1CC(C(C)C)CCC1C)c1ccccc1. The van der Waals surface area contributed by atoms with Gasteiger partial charge in [-0.25, -0.2) is 4.79 Å². The molecule has 0 saturated heterocycles. The number of hydrogen-bond acceptors (Lipinski definition) is 2. The largest absolute Gasteiger partial charge is 0.446 e. The van der Waals surface area contributed by atoms with Crippen molar-refractivity contribution in [3.05, 3.63) is 35.9 Å². The molecule has 1 fully saturated rings. The smallest absolute Gasteiger partial charge is 0.407 e. The molecule has 1 aromatic rings. The van der Waals surface area contributed by atoms with E-state index >= 15 is 0 Å². The lowest BCUT2D eigenvalue weighted by Gasteiger charge is -2.35. The maximum absolute atomic E-state index is 12.2. The summed E-state index contributed by atoms with van der Waals surface area (Å²) in [6.07, 6.45) is 3.14. The highest BCUT2D eigenvalue weighted by Gasteiger charge is 2.32. The van der Waals surface area contributed by atoms with Crippen molar-refractivity contribution >= 4 is 6.09 Å². The molecule has 22 heavy (non-hydrogen) atoms. The van der Waals surface area contributed by atoms with Crippen LogP contribution in [-0.2, 0) is 4.74 Å². The fraction of sp³-hybridized carbons (Fsp3) is 0.632. The van der Waals surface area contributed by atoms with Gasteiger partial charge in [0.2, 0.25) is 0 Å². The molecule has 1 N–H and O–H groups in total. The Hall–Kier alpha value is -1.51. The molecule has 4 atom stereocenters. The van der Waals surface area contributed by atoms with E-state index in [2.05, 4.69) is 26.1 Å². The molecule has 0 heterocycles. The average molecular weight is 303 g/mol. The van der Waals surface area contributed by atoms with Gasteiger partial charge in [0.15, 0.2) is 0 Å². The zero-order chi connectivity index (χ0) is 16.1. The van der Waals surface area contributed by atoms with E-state index < -0.39 is 0 Å². The van der Waals surface area contributed by atoms with Gasteiger partial charge in [0.25, 0.3) is 0 Å². The zero-order valence-corrected chi connectivity index (χ0v) is 14.2. The van der Waals surface area contributed by atoms with Gasteiger partial charge in [-0.2, -0.15) is 0 Å². The topological polar surface area (TPSA) is 38.3 Å². The maximum Gasteiger partial charge on any atom is 0.407 e. The number of carbonyl (C=O) groups is 1. The number of amides is 1. The molecule has 0 bridgehead atoms. The normalized spacial score (nSPS) is 26.5. The molecule has 2 rings (SSSR count). The van der Waals surface area contributed by atoms with Crippen LogP contribution in [0, 0.1) is 17.8 Å². The summed E-state index contributed by atoms with van der Waals surface area (Å²) in [7, 11) is 0. The Morgan fingerprint density at radius 1 is 1.18 bits per heavy atom. The zero-order valence-electron chi connectivity index (χ0n) is 14.2. The van der Waals surface area contributed by atoms with Crippen LogP contribution in [0.15, 0.2) is 30.3 Å². The Kier molecular flexibility index (Phi) is 5.87. The van der Waals surface area contributed by atoms with Crippen LogP contribution < -0.4 is 5.32 Å². The summed E-state index contributed by atoms with van der Waals surface area (Å²) in [6.45, 7) is 8.69. The van der Waals surface area contributed by atoms with Gasteiger partial charge in [-0.05, 0) is 49.5 Å². The molecule has 4 unspecified atom stereocenters. The van der Waals surface area contributed by atoms with Crippen molar-refractivity contribution in [2.45, 2.75) is 59.1 Å². The summed E-state index contributed by atoms with van der Waals surface area (Å²) in [5.74, 6) is 1.78. The van der Waals surface area contributed by atoms with E-state index in [1.807, 2.05) is 37.3 Å². The fourth-order valence-electron chi connectivity index (χ4n) is 3.25. The number of nitrogens with one attached hydrogen (secondary N) is 1. The van der Waals surface area contributed by atoms with Crippen LogP contribution in [0.4, 0.5) is 4.79 Å². The van der Waals surface area contributed by atoms with Crippen LogP contribution in [0.1, 0.15) is 58.6 Å². The summed E-state index contributed by atoms with van der Waals surface area (Å²) in [6, 6.07) is 9.94. The van der Waals surface area contributed by atoms with Crippen LogP contribution >= 0.6 is 0 Å². The molecular formula is C19H29NO2. The second-order valence-electron chi connectivity index (χ2n) is 7.01. The van der Waals surface area contributed by atoms with E-state index in [0.29, 0.717) is 17.8 Å². The molecule has 0 spiro atoms. The molecule has 0 aromatic heterocycles. The second-order valence-corrected chi connectivity index (χ2v) is 7.01. The Morgan fingerprint density at radius 2 is 1.86 bits per heavy atom. The lowest BCUT2D eigenvalue weighted by atomic mass is 9.76. The molecule has 1 aliphatic rings. The molecule has 3 heteroatoms. The molecule has 1 amide bonds. The van der Waals surface area contributed by atoms with Gasteiger partial charge in [0.05, 0.1) is 6.04 Å². The monoisotopic (exact) mass is 303 g/mol. The first-order valence-corrected chi connectivity index (χ1v) is 8.49. The number of hydrogen-bond donors (Lipinski definition) is 1. The standard InChI is InChI=1S/C19H29NO2/c1-13(2)17-11-10-14(3)18(12-17)22-19(21)20-15(4)16-8-6-5-7-9-16/h5-9,13-15,17-18H,10-12H2,1-4H3,(H,20,21). The Bertz CT molecular complexity index is 472. The summed E-state index contributed by atoms with van der Waals surface area (Å²) < 4.78 is 5.73. The highest BCUT2D eigenvalue weighted by molar-refractivity contribution is 5.68. The van der Waals surface area contributed by atoms with Crippen LogP contribution in [0.2, 0.25) is 0 Å². The summed E-state index contributed by atoms with van der Waals surface area (Å²) in [4.78, 5) is 12.2. The first kappa shape index (κ1) is 16.9. The molecule has 1 saturated carbocycles. The molecular weight excluding hydrogens is 274 g/mol. The Morgan fingerprint density at radius 3 is 2.50 bits per heavy atom. The minimum absolute atomic E-state index is 0.0338. The van der Waals surface area contributed by atoms with E-state index in [9.17, 15) is 4.79 Å². The molecule has 1 aromatic carbocycles. The fourth-order valence-corrected chi connectivity index (χ4v) is 3.25. The van der Waals surface area contributed by atoms with Crippen LogP contribution in [-0.4, -0.2) is 12.2 Å². The summed E-state index contributed by atoms with van der Waals surface area (Å²) in [5, 5.41) is 2.95. The van der Waals surface area contributed by atoms with Crippen LogP contribution in [0.25, 0.3) is 0 Å². The van der Waals surface area contributed by atoms with Crippen LogP contribution in [0.5, 0.6) is 0 Å². The van der Waals surface area contributed by atoms with Gasteiger partial charge in [-0.15, -0.1) is 0 Å². The van der Waals surface area contributed by atoms with Gasteiger partial charge in [0.1, 0.15) is 6.10 Å². The molecule has 122 valence electrons. The Balaban J connectivity index is 1.88. The number of carbonyl (C=O) groups excluding carboxylic acids is 1. The minimum Gasteiger partial charge on any atom is -0.446 e. The van der Waals surface area contributed by atoms with Crippen molar-refractivity contribution in [3.8, 4) is 0 Å². The van der Waals surface area contributed by atoms with Gasteiger partial charge in [-0.1, -0.05) is 51.1 Å². The molecule has 1 aliphatic carbocycles. The van der Waals surface area contributed by atoms with Crippen LogP contribution in [0.3, 0.4) is 0 Å². The number of benzene rings is 1. The van der Waals surface area contributed by atoms with Crippen molar-refractivity contribution in [1.82, 2.24) is 5.32 Å². The number of alkyl carbamates (subject to hydrolysis) is 1. The van der Waals surface area contributed by atoms with E-state index in [1.165, 1.54) is 6.42 Å². The van der Waals surface area contributed by atoms with Gasteiger partial charge in [-0.3, -0.25) is 0 Å².